The lowest BCUT2D eigenvalue weighted by Crippen LogP contribution is -2.00. The Balaban J connectivity index is 0.000000271. The largest absolute Gasteiger partial charge is 0.388 e. The summed E-state index contributed by atoms with van der Waals surface area (Å²) in [4.78, 5) is 21.0. The van der Waals surface area contributed by atoms with Crippen LogP contribution < -0.4 is 5.73 Å². The van der Waals surface area contributed by atoms with Crippen LogP contribution in [-0.2, 0) is 0 Å². The molecule has 1 aromatic heterocycles. The van der Waals surface area contributed by atoms with Gasteiger partial charge in [0.25, 0.3) is 0 Å². The summed E-state index contributed by atoms with van der Waals surface area (Å²) in [6.45, 7) is 3.45. The molecule has 0 amide bonds. The molecule has 4 aromatic carbocycles. The number of aromatic nitrogens is 2. The Morgan fingerprint density at radius 3 is 1.41 bits per heavy atom. The number of benzene rings is 4. The van der Waals surface area contributed by atoms with Gasteiger partial charge < -0.3 is 5.73 Å². The lowest BCUT2D eigenvalue weighted by Gasteiger charge is -2.07. The van der Waals surface area contributed by atoms with Crippen LogP contribution in [0.15, 0.2) is 127 Å². The summed E-state index contributed by atoms with van der Waals surface area (Å²) in [5.74, 6) is 0.943. The van der Waals surface area contributed by atoms with E-state index in [1.54, 1.807) is 18.2 Å². The lowest BCUT2D eigenvalue weighted by atomic mass is 10.1. The van der Waals surface area contributed by atoms with Gasteiger partial charge in [0.15, 0.2) is 5.78 Å². The number of hydrogen-bond acceptors (Lipinski definition) is 4. The number of rotatable bonds is 5. The van der Waals surface area contributed by atoms with Crippen LogP contribution in [-0.4, -0.2) is 21.6 Å². The topological polar surface area (TPSA) is 92.7 Å². The van der Waals surface area contributed by atoms with E-state index in [0.717, 1.165) is 51.8 Å². The minimum absolute atomic E-state index is 0. The Kier molecular flexibility index (Phi) is 15.9. The number of aryl methyl sites for hydroxylation is 1. The Morgan fingerprint density at radius 2 is 1.02 bits per heavy atom. The maximum absolute atomic E-state index is 11.9. The molecule has 0 saturated carbocycles. The van der Waals surface area contributed by atoms with Crippen molar-refractivity contribution in [1.29, 1.82) is 5.41 Å². The van der Waals surface area contributed by atoms with E-state index < -0.39 is 0 Å². The van der Waals surface area contributed by atoms with Gasteiger partial charge in [0, 0.05) is 34.6 Å². The van der Waals surface area contributed by atoms with Crippen molar-refractivity contribution in [1.82, 2.24) is 9.97 Å². The molecule has 10 heteroatoms. The van der Waals surface area contributed by atoms with Crippen molar-refractivity contribution in [2.24, 2.45) is 5.73 Å². The molecule has 226 valence electrons. The highest BCUT2D eigenvalue weighted by atomic mass is 79.9. The summed E-state index contributed by atoms with van der Waals surface area (Å²) in [5.41, 5.74) is 10.4. The highest BCUT2D eigenvalue weighted by molar-refractivity contribution is 9.11. The maximum Gasteiger partial charge on any atom is 0.185 e. The third-order valence-corrected chi connectivity index (χ3v) is 7.66. The van der Waals surface area contributed by atoms with Gasteiger partial charge in [-0.05, 0) is 92.2 Å². The monoisotopic (exact) mass is 860 g/mol. The first kappa shape index (κ1) is 37.2. The van der Waals surface area contributed by atoms with E-state index in [2.05, 4.69) is 98.0 Å². The normalized spacial score (nSPS) is 10.0. The average Bonchev–Trinajstić information content (AvgIpc) is 2.97. The van der Waals surface area contributed by atoms with E-state index in [0.29, 0.717) is 5.56 Å². The second-order valence-corrected chi connectivity index (χ2v) is 12.8. The van der Waals surface area contributed by atoms with Crippen LogP contribution in [0.25, 0.3) is 28.6 Å². The molecule has 0 aliphatic heterocycles. The minimum atomic E-state index is 0. The van der Waals surface area contributed by atoms with Crippen molar-refractivity contribution in [3.63, 3.8) is 0 Å². The SMILES string of the molecule is CC(=N)N.Cc1nc(-c2ccc(Br)cc2)cc(-c2ccc(Br)cc2)n1.Cl.O=C(/C=C/c1ccc(Br)cc1)c1ccc(Br)cc1. The molecule has 0 bridgehead atoms. The van der Waals surface area contributed by atoms with Crippen LogP contribution in [0.1, 0.15) is 28.7 Å². The van der Waals surface area contributed by atoms with Crippen molar-refractivity contribution in [2.45, 2.75) is 13.8 Å². The molecule has 0 aliphatic carbocycles. The molecule has 0 saturated heterocycles. The van der Waals surface area contributed by atoms with Crippen LogP contribution in [0.5, 0.6) is 0 Å². The van der Waals surface area contributed by atoms with Crippen molar-refractivity contribution in [2.75, 3.05) is 0 Å². The summed E-state index contributed by atoms with van der Waals surface area (Å²) in [6.07, 6.45) is 3.41. The van der Waals surface area contributed by atoms with Crippen molar-refractivity contribution >= 4 is 93.8 Å². The van der Waals surface area contributed by atoms with Crippen LogP contribution in [0.4, 0.5) is 0 Å². The fourth-order valence-electron chi connectivity index (χ4n) is 3.56. The van der Waals surface area contributed by atoms with E-state index >= 15 is 0 Å². The highest BCUT2D eigenvalue weighted by Crippen LogP contribution is 2.26. The number of carbonyl (C=O) groups excluding carboxylic acids is 1. The Labute approximate surface area is 297 Å². The Hall–Kier alpha value is -2.95. The molecular weight excluding hydrogens is 835 g/mol. The quantitative estimate of drug-likeness (QED) is 0.0797. The molecule has 0 spiro atoms. The fourth-order valence-corrected chi connectivity index (χ4v) is 4.62. The Bertz CT molecular complexity index is 1620. The van der Waals surface area contributed by atoms with Crippen molar-refractivity contribution in [3.8, 4) is 22.5 Å². The van der Waals surface area contributed by atoms with Gasteiger partial charge in [0.2, 0.25) is 0 Å². The van der Waals surface area contributed by atoms with E-state index in [9.17, 15) is 4.79 Å². The molecule has 44 heavy (non-hydrogen) atoms. The molecule has 3 N–H and O–H groups in total. The van der Waals surface area contributed by atoms with Crippen LogP contribution in [0, 0.1) is 12.3 Å². The van der Waals surface area contributed by atoms with Gasteiger partial charge in [-0.15, -0.1) is 12.4 Å². The number of nitrogens with one attached hydrogen (secondary N) is 1. The second-order valence-electron chi connectivity index (χ2n) is 9.14. The first-order chi connectivity index (χ1) is 20.5. The molecule has 0 unspecified atom stereocenters. The van der Waals surface area contributed by atoms with Crippen LogP contribution >= 0.6 is 76.1 Å². The van der Waals surface area contributed by atoms with Gasteiger partial charge >= 0.3 is 0 Å². The van der Waals surface area contributed by atoms with Gasteiger partial charge in [-0.2, -0.15) is 0 Å². The van der Waals surface area contributed by atoms with Gasteiger partial charge in [-0.3, -0.25) is 10.2 Å². The zero-order valence-electron chi connectivity index (χ0n) is 23.8. The highest BCUT2D eigenvalue weighted by Gasteiger charge is 2.07. The number of ketones is 1. The lowest BCUT2D eigenvalue weighted by molar-refractivity contribution is 0.104. The van der Waals surface area contributed by atoms with Crippen LogP contribution in [0.2, 0.25) is 0 Å². The van der Waals surface area contributed by atoms with Crippen LogP contribution in [0.3, 0.4) is 0 Å². The zero-order chi connectivity index (χ0) is 31.4. The number of halogens is 5. The molecule has 0 atom stereocenters. The maximum atomic E-state index is 11.9. The first-order valence-corrected chi connectivity index (χ1v) is 16.1. The smallest absolute Gasteiger partial charge is 0.185 e. The number of allylic oxidation sites excluding steroid dienone is 1. The Morgan fingerprint density at radius 1 is 0.682 bits per heavy atom. The summed E-state index contributed by atoms with van der Waals surface area (Å²) in [6, 6.07) is 33.5. The third kappa shape index (κ3) is 13.0. The average molecular weight is 865 g/mol. The predicted octanol–water partition coefficient (Wildman–Crippen LogP) is 11.1. The molecule has 0 aliphatic rings. The number of nitrogens with zero attached hydrogens (tertiary/aromatic N) is 2. The fraction of sp³-hybridized carbons (Fsp3) is 0.0588. The number of nitrogens with two attached hydrogens (primary N) is 1. The second kappa shape index (κ2) is 18.8. The molecule has 0 radical (unpaired) electrons. The molecule has 5 aromatic rings. The summed E-state index contributed by atoms with van der Waals surface area (Å²) >= 11 is 13.6. The third-order valence-electron chi connectivity index (χ3n) is 5.54. The van der Waals surface area contributed by atoms with Crippen molar-refractivity contribution in [3.05, 3.63) is 144 Å². The zero-order valence-corrected chi connectivity index (χ0v) is 30.9. The van der Waals surface area contributed by atoms with Gasteiger partial charge in [-0.25, -0.2) is 9.97 Å². The van der Waals surface area contributed by atoms with E-state index in [4.69, 9.17) is 11.1 Å². The number of hydrogen-bond donors (Lipinski definition) is 2. The van der Waals surface area contributed by atoms with Gasteiger partial charge in [-0.1, -0.05) is 106 Å². The standard InChI is InChI=1S/C17H12Br2N2.C15H10Br2O.C2H6N2.ClH/c1-11-20-16(12-2-6-14(18)7-3-12)10-17(21-11)13-4-8-15(19)9-5-13;16-13-6-1-11(2-7-13)3-10-15(18)12-4-8-14(17)9-5-12;1-2(3)4;/h2-10H,1H3;1-10H;1H3,(H3,3,4);1H/b;10-3+;;. The summed E-state index contributed by atoms with van der Waals surface area (Å²) in [7, 11) is 0. The molecule has 0 fully saturated rings. The minimum Gasteiger partial charge on any atom is -0.388 e. The van der Waals surface area contributed by atoms with Gasteiger partial charge in [0.1, 0.15) is 5.82 Å². The number of carbonyl (C=O) groups is 1. The van der Waals surface area contributed by atoms with E-state index in [1.165, 1.54) is 6.92 Å². The van der Waals surface area contributed by atoms with E-state index in [1.807, 2.05) is 79.7 Å². The summed E-state index contributed by atoms with van der Waals surface area (Å²) < 4.78 is 4.12. The molecule has 1 heterocycles. The molecular formula is C34H29Br4ClN4O. The predicted molar refractivity (Wildman–Crippen MR) is 200 cm³/mol. The van der Waals surface area contributed by atoms with Crippen molar-refractivity contribution < 1.29 is 4.79 Å². The molecule has 5 nitrogen and oxygen atoms in total. The molecule has 5 rings (SSSR count). The summed E-state index contributed by atoms with van der Waals surface area (Å²) in [5, 5.41) is 6.28. The van der Waals surface area contributed by atoms with E-state index in [-0.39, 0.29) is 24.0 Å². The first-order valence-electron chi connectivity index (χ1n) is 12.9. The van der Waals surface area contributed by atoms with Gasteiger partial charge in [0.05, 0.1) is 17.2 Å². The number of amidine groups is 1.